The Hall–Kier alpha value is -6.39. The van der Waals surface area contributed by atoms with Crippen molar-refractivity contribution in [2.24, 2.45) is 0 Å². The fraction of sp³-hybridized carbons (Fsp3) is 0. The third kappa shape index (κ3) is 3.92. The lowest BCUT2D eigenvalue weighted by Gasteiger charge is -2.27. The lowest BCUT2D eigenvalue weighted by Crippen LogP contribution is -2.10. The molecule has 4 nitrogen and oxygen atoms in total. The number of oxazole rings is 1. The van der Waals surface area contributed by atoms with E-state index in [1.165, 1.54) is 0 Å². The van der Waals surface area contributed by atoms with Crippen molar-refractivity contribution >= 4 is 82.4 Å². The molecule has 0 fully saturated rings. The van der Waals surface area contributed by atoms with Crippen molar-refractivity contribution in [3.8, 4) is 11.5 Å². The average Bonchev–Trinajstić information content (AvgIpc) is 3.75. The molecule has 4 heteroatoms. The van der Waals surface area contributed by atoms with Crippen molar-refractivity contribution in [3.63, 3.8) is 0 Å². The Morgan fingerprint density at radius 1 is 0.426 bits per heavy atom. The van der Waals surface area contributed by atoms with E-state index in [4.69, 9.17) is 13.8 Å². The van der Waals surface area contributed by atoms with E-state index in [1.807, 2.05) is 42.5 Å². The molecule has 220 valence electrons. The Kier molecular flexibility index (Phi) is 5.54. The van der Waals surface area contributed by atoms with Crippen molar-refractivity contribution in [1.82, 2.24) is 4.98 Å². The number of aromatic nitrogens is 1. The summed E-state index contributed by atoms with van der Waals surface area (Å²) in [5, 5.41) is 8.91. The van der Waals surface area contributed by atoms with Crippen molar-refractivity contribution < 1.29 is 8.83 Å². The van der Waals surface area contributed by atoms with Crippen LogP contribution in [0, 0.1) is 0 Å². The number of nitrogens with zero attached hydrogens (tertiary/aromatic N) is 2. The van der Waals surface area contributed by atoms with Gasteiger partial charge in [0, 0.05) is 43.9 Å². The molecule has 2 aromatic heterocycles. The molecule has 0 spiro atoms. The highest BCUT2D eigenvalue weighted by Crippen LogP contribution is 2.45. The third-order valence-corrected chi connectivity index (χ3v) is 9.26. The summed E-state index contributed by atoms with van der Waals surface area (Å²) in [5.41, 5.74) is 7.61. The van der Waals surface area contributed by atoms with Gasteiger partial charge in [-0.2, -0.15) is 0 Å². The number of fused-ring (bicyclic) bond motifs is 11. The van der Waals surface area contributed by atoms with Crippen molar-refractivity contribution in [1.29, 1.82) is 0 Å². The summed E-state index contributed by atoms with van der Waals surface area (Å²) in [7, 11) is 0. The number of rotatable bonds is 4. The number of anilines is 3. The van der Waals surface area contributed by atoms with Crippen LogP contribution in [0.5, 0.6) is 0 Å². The summed E-state index contributed by atoms with van der Waals surface area (Å²) < 4.78 is 12.8. The molecule has 0 aliphatic heterocycles. The number of hydrogen-bond acceptors (Lipinski definition) is 4. The highest BCUT2D eigenvalue weighted by Gasteiger charge is 2.21. The van der Waals surface area contributed by atoms with Crippen molar-refractivity contribution in [2.45, 2.75) is 0 Å². The summed E-state index contributed by atoms with van der Waals surface area (Å²) >= 11 is 0. The van der Waals surface area contributed by atoms with E-state index in [0.29, 0.717) is 5.89 Å². The molecular formula is C43H26N2O2. The molecule has 0 radical (unpaired) electrons. The van der Waals surface area contributed by atoms with E-state index >= 15 is 0 Å². The second-order valence-electron chi connectivity index (χ2n) is 11.9. The van der Waals surface area contributed by atoms with Crippen LogP contribution in [-0.4, -0.2) is 4.98 Å². The van der Waals surface area contributed by atoms with Gasteiger partial charge >= 0.3 is 0 Å². The zero-order chi connectivity index (χ0) is 30.9. The minimum absolute atomic E-state index is 0.623. The van der Waals surface area contributed by atoms with E-state index in [1.54, 1.807) is 0 Å². The summed E-state index contributed by atoms with van der Waals surface area (Å²) in [5.74, 6) is 0.623. The molecule has 0 saturated carbocycles. The first-order valence-electron chi connectivity index (χ1n) is 15.8. The third-order valence-electron chi connectivity index (χ3n) is 9.26. The van der Waals surface area contributed by atoms with E-state index in [-0.39, 0.29) is 0 Å². The maximum Gasteiger partial charge on any atom is 0.227 e. The van der Waals surface area contributed by atoms with Crippen LogP contribution in [-0.2, 0) is 0 Å². The molecule has 0 bridgehead atoms. The predicted octanol–water partition coefficient (Wildman–Crippen LogP) is 12.3. The summed E-state index contributed by atoms with van der Waals surface area (Å²) in [4.78, 5) is 7.51. The van der Waals surface area contributed by atoms with Crippen LogP contribution in [0.15, 0.2) is 167 Å². The van der Waals surface area contributed by atoms with Gasteiger partial charge in [0.25, 0.3) is 0 Å². The zero-order valence-electron chi connectivity index (χ0n) is 25.2. The Morgan fingerprint density at radius 3 is 1.94 bits per heavy atom. The van der Waals surface area contributed by atoms with Gasteiger partial charge in [0.2, 0.25) is 5.89 Å². The van der Waals surface area contributed by atoms with Gasteiger partial charge in [0.15, 0.2) is 5.58 Å². The Bertz CT molecular complexity index is 2800. The summed E-state index contributed by atoms with van der Waals surface area (Å²) in [6.45, 7) is 0. The topological polar surface area (TPSA) is 42.4 Å². The van der Waals surface area contributed by atoms with Crippen LogP contribution in [0.25, 0.3) is 76.8 Å². The largest absolute Gasteiger partial charge is 0.456 e. The first kappa shape index (κ1) is 25.9. The molecule has 0 aliphatic rings. The van der Waals surface area contributed by atoms with Gasteiger partial charge in [-0.15, -0.1) is 0 Å². The zero-order valence-corrected chi connectivity index (χ0v) is 25.2. The van der Waals surface area contributed by atoms with Crippen molar-refractivity contribution in [2.75, 3.05) is 4.90 Å². The van der Waals surface area contributed by atoms with Gasteiger partial charge < -0.3 is 13.7 Å². The Morgan fingerprint density at radius 2 is 1.09 bits per heavy atom. The van der Waals surface area contributed by atoms with Crippen LogP contribution in [0.2, 0.25) is 0 Å². The van der Waals surface area contributed by atoms with Gasteiger partial charge in [0.05, 0.1) is 5.69 Å². The highest BCUT2D eigenvalue weighted by molar-refractivity contribution is 6.30. The van der Waals surface area contributed by atoms with Gasteiger partial charge in [-0.05, 0) is 70.8 Å². The second kappa shape index (κ2) is 10.1. The molecule has 0 unspecified atom stereocenters. The smallest absolute Gasteiger partial charge is 0.227 e. The molecule has 0 saturated heterocycles. The maximum atomic E-state index is 6.58. The van der Waals surface area contributed by atoms with Gasteiger partial charge in [-0.25, -0.2) is 4.98 Å². The fourth-order valence-electron chi connectivity index (χ4n) is 7.17. The van der Waals surface area contributed by atoms with Crippen LogP contribution in [0.3, 0.4) is 0 Å². The number of furan rings is 1. The summed E-state index contributed by atoms with van der Waals surface area (Å²) in [6.07, 6.45) is 0. The number of hydrogen-bond donors (Lipinski definition) is 0. The second-order valence-corrected chi connectivity index (χ2v) is 11.9. The minimum atomic E-state index is 0.623. The molecule has 47 heavy (non-hydrogen) atoms. The van der Waals surface area contributed by atoms with Gasteiger partial charge in [-0.1, -0.05) is 103 Å². The van der Waals surface area contributed by atoms with E-state index in [2.05, 4.69) is 120 Å². The van der Waals surface area contributed by atoms with Crippen molar-refractivity contribution in [3.05, 3.63) is 158 Å². The standard InChI is InChI=1S/C43H26N2O2/c1-3-12-27(13-4-1)43-44-41-40-33-19-11-20-37(31(33)23-24-34(40)30-16-7-8-18-35(30)42(41)47-43)45(28-14-5-2-6-15-28)29-22-25-39-36(26-29)32-17-9-10-21-38(32)46-39/h1-26H. The molecule has 10 rings (SSSR count). The van der Waals surface area contributed by atoms with E-state index < -0.39 is 0 Å². The lowest BCUT2D eigenvalue weighted by molar-refractivity contribution is 0.623. The molecule has 10 aromatic rings. The molecular weight excluding hydrogens is 576 g/mol. The minimum Gasteiger partial charge on any atom is -0.456 e. The van der Waals surface area contributed by atoms with Gasteiger partial charge in [0.1, 0.15) is 16.7 Å². The number of para-hydroxylation sites is 2. The Labute approximate surface area is 269 Å². The Balaban J connectivity index is 1.28. The fourth-order valence-corrected chi connectivity index (χ4v) is 7.17. The normalized spacial score (nSPS) is 11.8. The highest BCUT2D eigenvalue weighted by atomic mass is 16.3. The molecule has 0 N–H and O–H groups in total. The summed E-state index contributed by atoms with van der Waals surface area (Å²) in [6, 6.07) is 54.9. The first-order chi connectivity index (χ1) is 23.3. The monoisotopic (exact) mass is 602 g/mol. The van der Waals surface area contributed by atoms with Crippen LogP contribution >= 0.6 is 0 Å². The van der Waals surface area contributed by atoms with Crippen LogP contribution in [0.4, 0.5) is 17.1 Å². The van der Waals surface area contributed by atoms with E-state index in [0.717, 1.165) is 88.0 Å². The molecule has 2 heterocycles. The maximum absolute atomic E-state index is 6.58. The van der Waals surface area contributed by atoms with Gasteiger partial charge in [-0.3, -0.25) is 0 Å². The molecule has 8 aromatic carbocycles. The van der Waals surface area contributed by atoms with Crippen LogP contribution in [0.1, 0.15) is 0 Å². The predicted molar refractivity (Wildman–Crippen MR) is 194 cm³/mol. The molecule has 0 amide bonds. The van der Waals surface area contributed by atoms with Crippen LogP contribution < -0.4 is 4.90 Å². The van der Waals surface area contributed by atoms with E-state index in [9.17, 15) is 0 Å². The first-order valence-corrected chi connectivity index (χ1v) is 15.8. The molecule has 0 atom stereocenters. The number of benzene rings is 8. The molecule has 0 aliphatic carbocycles. The average molecular weight is 603 g/mol. The quantitative estimate of drug-likeness (QED) is 0.188. The SMILES string of the molecule is c1ccc(-c2nc3c(o2)c2ccccc2c2ccc4c(N(c5ccccc5)c5ccc6oc7ccccc7c6c5)cccc4c23)cc1. The lowest BCUT2D eigenvalue weighted by atomic mass is 9.94.